The van der Waals surface area contributed by atoms with Crippen molar-refractivity contribution in [2.24, 2.45) is 5.92 Å². The molecule has 1 saturated carbocycles. The summed E-state index contributed by atoms with van der Waals surface area (Å²) in [5.74, 6) is -1.89. The Morgan fingerprint density at radius 2 is 1.75 bits per heavy atom. The van der Waals surface area contributed by atoms with Crippen LogP contribution in [0.25, 0.3) is 10.2 Å². The second kappa shape index (κ2) is 7.80. The zero-order chi connectivity index (χ0) is 22.5. The molecule has 32 heavy (non-hydrogen) atoms. The van der Waals surface area contributed by atoms with Gasteiger partial charge in [0.05, 0.1) is 10.2 Å². The fourth-order valence-corrected chi connectivity index (χ4v) is 7.31. The van der Waals surface area contributed by atoms with E-state index < -0.39 is 27.6 Å². The minimum absolute atomic E-state index is 0.269. The second-order valence-electron chi connectivity index (χ2n) is 8.31. The topological polar surface area (TPSA) is 103 Å². The number of nitrogens with one attached hydrogen (secondary N) is 1. The summed E-state index contributed by atoms with van der Waals surface area (Å²) in [6, 6.07) is 17.1. The molecule has 8 nitrogen and oxygen atoms in total. The number of carboxylic acid groups (broad SMARTS) is 1. The van der Waals surface area contributed by atoms with E-state index in [4.69, 9.17) is 0 Å². The van der Waals surface area contributed by atoms with Crippen LogP contribution in [0.1, 0.15) is 18.4 Å². The van der Waals surface area contributed by atoms with Gasteiger partial charge in [0, 0.05) is 32.1 Å². The smallest absolute Gasteiger partial charge is 0.325 e. The van der Waals surface area contributed by atoms with Crippen molar-refractivity contribution in [1.82, 2.24) is 14.0 Å². The van der Waals surface area contributed by atoms with E-state index in [9.17, 15) is 18.3 Å². The minimum atomic E-state index is -3.97. The Morgan fingerprint density at radius 3 is 2.41 bits per heavy atom. The van der Waals surface area contributed by atoms with Crippen LogP contribution < -0.4 is 9.62 Å². The summed E-state index contributed by atoms with van der Waals surface area (Å²) in [6.07, 6.45) is 0. The number of hydrogen-bond donors (Lipinski definition) is 2. The number of anilines is 1. The number of benzene rings is 2. The third-order valence-corrected chi connectivity index (χ3v) is 9.28. The number of carboxylic acids is 1. The summed E-state index contributed by atoms with van der Waals surface area (Å²) < 4.78 is 31.3. The molecule has 3 atom stereocenters. The van der Waals surface area contributed by atoms with E-state index in [0.29, 0.717) is 13.1 Å². The quantitative estimate of drug-likeness (QED) is 0.572. The highest BCUT2D eigenvalue weighted by Crippen LogP contribution is 2.57. The lowest BCUT2D eigenvalue weighted by atomic mass is 10.1. The molecule has 0 amide bonds. The van der Waals surface area contributed by atoms with E-state index in [1.165, 1.54) is 4.31 Å². The number of hydrogen-bond acceptors (Lipinski definition) is 6. The highest BCUT2D eigenvalue weighted by molar-refractivity contribution is 7.87. The summed E-state index contributed by atoms with van der Waals surface area (Å²) in [5.41, 5.74) is 0.234. The van der Waals surface area contributed by atoms with Crippen LogP contribution in [0.4, 0.5) is 5.13 Å². The van der Waals surface area contributed by atoms with Gasteiger partial charge in [-0.1, -0.05) is 60.7 Å². The molecule has 2 aliphatic rings. The van der Waals surface area contributed by atoms with Crippen molar-refractivity contribution in [2.75, 3.05) is 31.1 Å². The average Bonchev–Trinajstić information content (AvgIpc) is 3.16. The Kier molecular flexibility index (Phi) is 5.20. The molecule has 168 valence electrons. The SMILES string of the molecule is C[C@@H]1[C@H](c2ccccc2)[C@]1(NS(=O)(=O)N1CCN(c2nc3ccccc3s2)CC1)C(=O)O. The molecule has 0 radical (unpaired) electrons. The van der Waals surface area contributed by atoms with Crippen molar-refractivity contribution in [3.63, 3.8) is 0 Å². The fraction of sp³-hybridized carbons (Fsp3) is 0.364. The number of aliphatic carboxylic acids is 1. The number of nitrogens with zero attached hydrogens (tertiary/aromatic N) is 3. The maximum atomic E-state index is 13.2. The van der Waals surface area contributed by atoms with Crippen LogP contribution >= 0.6 is 11.3 Å². The molecule has 1 saturated heterocycles. The van der Waals surface area contributed by atoms with Crippen molar-refractivity contribution < 1.29 is 18.3 Å². The predicted molar refractivity (Wildman–Crippen MR) is 124 cm³/mol. The first-order valence-electron chi connectivity index (χ1n) is 10.5. The number of fused-ring (bicyclic) bond motifs is 1. The molecular formula is C22H24N4O4S2. The van der Waals surface area contributed by atoms with E-state index in [0.717, 1.165) is 20.9 Å². The highest BCUT2D eigenvalue weighted by atomic mass is 32.2. The molecule has 0 bridgehead atoms. The van der Waals surface area contributed by atoms with E-state index in [2.05, 4.69) is 14.6 Å². The van der Waals surface area contributed by atoms with Crippen molar-refractivity contribution in [3.05, 3.63) is 60.2 Å². The molecule has 5 rings (SSSR count). The zero-order valence-corrected chi connectivity index (χ0v) is 19.1. The number of carbonyl (C=O) groups is 1. The van der Waals surface area contributed by atoms with E-state index in [-0.39, 0.29) is 19.0 Å². The van der Waals surface area contributed by atoms with Crippen LogP contribution in [0, 0.1) is 5.92 Å². The zero-order valence-electron chi connectivity index (χ0n) is 17.5. The summed E-state index contributed by atoms with van der Waals surface area (Å²) >= 11 is 1.59. The van der Waals surface area contributed by atoms with E-state index in [1.807, 2.05) is 54.6 Å². The fourth-order valence-electron chi connectivity index (χ4n) is 4.69. The lowest BCUT2D eigenvalue weighted by Gasteiger charge is -2.34. The first kappa shape index (κ1) is 21.3. The first-order chi connectivity index (χ1) is 15.3. The highest BCUT2D eigenvalue weighted by Gasteiger charge is 2.70. The Balaban J connectivity index is 1.30. The number of para-hydroxylation sites is 1. The molecule has 2 fully saturated rings. The lowest BCUT2D eigenvalue weighted by Crippen LogP contribution is -2.56. The van der Waals surface area contributed by atoms with E-state index >= 15 is 0 Å². The van der Waals surface area contributed by atoms with Crippen molar-refractivity contribution in [3.8, 4) is 0 Å². The molecule has 2 heterocycles. The van der Waals surface area contributed by atoms with Crippen molar-refractivity contribution >= 4 is 42.9 Å². The average molecular weight is 473 g/mol. The molecular weight excluding hydrogens is 448 g/mol. The molecule has 1 aromatic heterocycles. The Morgan fingerprint density at radius 1 is 1.09 bits per heavy atom. The molecule has 2 aromatic carbocycles. The number of piperazine rings is 1. The molecule has 10 heteroatoms. The van der Waals surface area contributed by atoms with Gasteiger partial charge in [-0.15, -0.1) is 0 Å². The maximum Gasteiger partial charge on any atom is 0.325 e. The van der Waals surface area contributed by atoms with Crippen LogP contribution in [0.2, 0.25) is 0 Å². The van der Waals surface area contributed by atoms with E-state index in [1.54, 1.807) is 18.3 Å². The summed E-state index contributed by atoms with van der Waals surface area (Å²) in [4.78, 5) is 18.9. The van der Waals surface area contributed by atoms with Crippen LogP contribution in [0.5, 0.6) is 0 Å². The van der Waals surface area contributed by atoms with Gasteiger partial charge >= 0.3 is 5.97 Å². The maximum absolute atomic E-state index is 13.2. The summed E-state index contributed by atoms with van der Waals surface area (Å²) in [5, 5.41) is 10.8. The van der Waals surface area contributed by atoms with Crippen LogP contribution in [-0.4, -0.2) is 60.5 Å². The van der Waals surface area contributed by atoms with Gasteiger partial charge in [-0.05, 0) is 23.6 Å². The van der Waals surface area contributed by atoms with Gasteiger partial charge in [-0.2, -0.15) is 17.4 Å². The number of thiazole rings is 1. The van der Waals surface area contributed by atoms with Crippen molar-refractivity contribution in [1.29, 1.82) is 0 Å². The molecule has 0 unspecified atom stereocenters. The minimum Gasteiger partial charge on any atom is -0.480 e. The summed E-state index contributed by atoms with van der Waals surface area (Å²) in [7, 11) is -3.97. The Labute approximate surface area is 190 Å². The standard InChI is InChI=1S/C22H24N4O4S2/c1-15-19(16-7-3-2-4-8-16)22(15,20(27)28)24-32(29,30)26-13-11-25(12-14-26)21-23-17-9-5-6-10-18(17)31-21/h2-10,15,19,24H,11-14H2,1H3,(H,27,28)/t15-,19-,22+/m1/s1. The molecule has 1 aliphatic heterocycles. The third-order valence-electron chi connectivity index (χ3n) is 6.54. The largest absolute Gasteiger partial charge is 0.480 e. The van der Waals surface area contributed by atoms with Gasteiger partial charge in [0.15, 0.2) is 5.13 Å². The molecule has 0 spiro atoms. The van der Waals surface area contributed by atoms with Crippen LogP contribution in [0.3, 0.4) is 0 Å². The van der Waals surface area contributed by atoms with Crippen LogP contribution in [-0.2, 0) is 15.0 Å². The Hall–Kier alpha value is -2.53. The molecule has 1 aliphatic carbocycles. The normalized spacial score (nSPS) is 26.3. The Bertz CT molecular complexity index is 1220. The molecule has 3 aromatic rings. The monoisotopic (exact) mass is 472 g/mol. The second-order valence-corrected chi connectivity index (χ2v) is 11.0. The lowest BCUT2D eigenvalue weighted by molar-refractivity contribution is -0.140. The van der Waals surface area contributed by atoms with Gasteiger partial charge in [-0.25, -0.2) is 4.98 Å². The first-order valence-corrected chi connectivity index (χ1v) is 12.8. The third kappa shape index (κ3) is 3.47. The van der Waals surface area contributed by atoms with Gasteiger partial charge < -0.3 is 10.0 Å². The van der Waals surface area contributed by atoms with Gasteiger partial charge in [0.1, 0.15) is 5.54 Å². The molecule has 2 N–H and O–H groups in total. The number of aromatic nitrogens is 1. The summed E-state index contributed by atoms with van der Waals surface area (Å²) in [6.45, 7) is 3.31. The predicted octanol–water partition coefficient (Wildman–Crippen LogP) is 2.51. The number of rotatable bonds is 6. The van der Waals surface area contributed by atoms with Gasteiger partial charge in [-0.3, -0.25) is 4.79 Å². The van der Waals surface area contributed by atoms with Gasteiger partial charge in [0.2, 0.25) is 0 Å². The van der Waals surface area contributed by atoms with Crippen LogP contribution in [0.15, 0.2) is 54.6 Å². The van der Waals surface area contributed by atoms with Gasteiger partial charge in [0.25, 0.3) is 10.2 Å². The van der Waals surface area contributed by atoms with Crippen molar-refractivity contribution in [2.45, 2.75) is 18.4 Å².